The summed E-state index contributed by atoms with van der Waals surface area (Å²) in [5.74, 6) is 0. The molecule has 2 amide bonds. The monoisotopic (exact) mass is 298 g/mol. The van der Waals surface area contributed by atoms with Gasteiger partial charge in [0.2, 0.25) is 0 Å². The van der Waals surface area contributed by atoms with Crippen LogP contribution < -0.4 is 10.6 Å². The third kappa shape index (κ3) is 4.68. The molecule has 0 bridgehead atoms. The Morgan fingerprint density at radius 2 is 1.95 bits per heavy atom. The maximum Gasteiger partial charge on any atom is 0.323 e. The molecular weight excluding hydrogens is 280 g/mol. The highest BCUT2D eigenvalue weighted by Crippen LogP contribution is 2.18. The maximum atomic E-state index is 11.8. The Morgan fingerprint density at radius 1 is 1.14 bits per heavy atom. The highest BCUT2D eigenvalue weighted by molar-refractivity contribution is 7.98. The summed E-state index contributed by atoms with van der Waals surface area (Å²) in [4.78, 5) is 12.9. The molecule has 0 radical (unpaired) electrons. The highest BCUT2D eigenvalue weighted by Gasteiger charge is 2.00. The molecule has 0 atom stereocenters. The van der Waals surface area contributed by atoms with Crippen LogP contribution in [0.1, 0.15) is 11.1 Å². The lowest BCUT2D eigenvalue weighted by atomic mass is 10.1. The lowest BCUT2D eigenvalue weighted by Gasteiger charge is -2.06. The molecule has 0 fully saturated rings. The second kappa shape index (κ2) is 7.55. The molecule has 108 valence electrons. The van der Waals surface area contributed by atoms with E-state index in [2.05, 4.69) is 10.6 Å². The van der Waals surface area contributed by atoms with Gasteiger partial charge >= 0.3 is 6.03 Å². The van der Waals surface area contributed by atoms with Crippen LogP contribution in [-0.4, -0.2) is 12.3 Å². The van der Waals surface area contributed by atoms with Crippen LogP contribution in [0.4, 0.5) is 10.5 Å². The van der Waals surface area contributed by atoms with Crippen LogP contribution in [0.3, 0.4) is 0 Å². The van der Waals surface area contributed by atoms with Gasteiger partial charge in [-0.25, -0.2) is 4.79 Å². The van der Waals surface area contributed by atoms with Gasteiger partial charge in [0.05, 0.1) is 0 Å². The fourth-order valence-electron chi connectivity index (χ4n) is 1.85. The van der Waals surface area contributed by atoms with Gasteiger partial charge < -0.3 is 10.6 Å². The Balaban J connectivity index is 1.91. The number of hydrogen-bond acceptors (Lipinski definition) is 2. The first-order valence-electron chi connectivity index (χ1n) is 6.63. The third-order valence-electron chi connectivity index (χ3n) is 2.99. The number of rotatable bonds is 4. The van der Waals surface area contributed by atoms with E-state index in [0.717, 1.165) is 16.1 Å². The topological polar surface area (TPSA) is 41.1 Å². The van der Waals surface area contributed by atoms with Crippen molar-refractivity contribution < 1.29 is 4.79 Å². The van der Waals surface area contributed by atoms with E-state index in [1.54, 1.807) is 18.0 Å². The van der Waals surface area contributed by atoms with Crippen LogP contribution in [0, 0.1) is 6.92 Å². The average Bonchev–Trinajstić information content (AvgIpc) is 2.49. The molecule has 2 aromatic rings. The Bertz CT molecular complexity index is 653. The Hall–Kier alpha value is -2.20. The van der Waals surface area contributed by atoms with Gasteiger partial charge in [0.15, 0.2) is 0 Å². The van der Waals surface area contributed by atoms with Crippen LogP contribution in [-0.2, 0) is 0 Å². The van der Waals surface area contributed by atoms with E-state index >= 15 is 0 Å². The van der Waals surface area contributed by atoms with Gasteiger partial charge in [-0.15, -0.1) is 11.8 Å². The molecule has 3 nitrogen and oxygen atoms in total. The summed E-state index contributed by atoms with van der Waals surface area (Å²) in [6.45, 7) is 2.04. The first kappa shape index (κ1) is 15.2. The third-order valence-corrected chi connectivity index (χ3v) is 3.72. The van der Waals surface area contributed by atoms with Crippen molar-refractivity contribution in [3.8, 4) is 0 Å². The summed E-state index contributed by atoms with van der Waals surface area (Å²) in [5, 5.41) is 5.51. The lowest BCUT2D eigenvalue weighted by Crippen LogP contribution is -2.23. The molecular formula is C17H18N2OS. The van der Waals surface area contributed by atoms with Gasteiger partial charge in [-0.1, -0.05) is 30.3 Å². The maximum absolute atomic E-state index is 11.8. The molecule has 2 rings (SSSR count). The van der Waals surface area contributed by atoms with E-state index in [1.165, 1.54) is 5.56 Å². The minimum Gasteiger partial charge on any atom is -0.314 e. The summed E-state index contributed by atoms with van der Waals surface area (Å²) in [6.07, 6.45) is 5.54. The smallest absolute Gasteiger partial charge is 0.314 e. The van der Waals surface area contributed by atoms with E-state index in [4.69, 9.17) is 0 Å². The number of amides is 2. The van der Waals surface area contributed by atoms with E-state index in [0.29, 0.717) is 0 Å². The minimum atomic E-state index is -0.252. The summed E-state index contributed by atoms with van der Waals surface area (Å²) in [6, 6.07) is 15.5. The number of carbonyl (C=O) groups excluding carboxylic acids is 1. The Morgan fingerprint density at radius 3 is 2.71 bits per heavy atom. The van der Waals surface area contributed by atoms with Crippen molar-refractivity contribution in [1.82, 2.24) is 5.32 Å². The molecule has 0 aromatic heterocycles. The molecule has 0 saturated carbocycles. The SMILES string of the molecule is CSc1cccc(NC(=O)N/C=C/c2ccccc2C)c1. The van der Waals surface area contributed by atoms with Crippen molar-refractivity contribution in [3.63, 3.8) is 0 Å². The quantitative estimate of drug-likeness (QED) is 0.815. The van der Waals surface area contributed by atoms with Crippen molar-refractivity contribution in [2.75, 3.05) is 11.6 Å². The first-order chi connectivity index (χ1) is 10.2. The number of benzene rings is 2. The van der Waals surface area contributed by atoms with Crippen molar-refractivity contribution >= 4 is 29.6 Å². The second-order valence-electron chi connectivity index (χ2n) is 4.52. The fourth-order valence-corrected chi connectivity index (χ4v) is 2.31. The van der Waals surface area contributed by atoms with Gasteiger partial charge in [0.25, 0.3) is 0 Å². The number of nitrogens with one attached hydrogen (secondary N) is 2. The predicted octanol–water partition coefficient (Wildman–Crippen LogP) is 4.51. The summed E-state index contributed by atoms with van der Waals surface area (Å²) < 4.78 is 0. The molecule has 21 heavy (non-hydrogen) atoms. The van der Waals surface area contributed by atoms with E-state index in [1.807, 2.05) is 67.8 Å². The standard InChI is InChI=1S/C17H18N2OS/c1-13-6-3-4-7-14(13)10-11-18-17(20)19-15-8-5-9-16(12-15)21-2/h3-12H,1-2H3,(H2,18,19,20)/b11-10+. The van der Waals surface area contributed by atoms with E-state index in [-0.39, 0.29) is 6.03 Å². The molecule has 0 heterocycles. The second-order valence-corrected chi connectivity index (χ2v) is 5.40. The van der Waals surface area contributed by atoms with Crippen LogP contribution in [0.25, 0.3) is 6.08 Å². The average molecular weight is 298 g/mol. The predicted molar refractivity (Wildman–Crippen MR) is 90.6 cm³/mol. The van der Waals surface area contributed by atoms with Crippen molar-refractivity contribution in [2.24, 2.45) is 0 Å². The number of anilines is 1. The Labute approximate surface area is 129 Å². The molecule has 0 saturated heterocycles. The van der Waals surface area contributed by atoms with Crippen molar-refractivity contribution in [2.45, 2.75) is 11.8 Å². The minimum absolute atomic E-state index is 0.252. The molecule has 2 aromatic carbocycles. The largest absolute Gasteiger partial charge is 0.323 e. The fraction of sp³-hybridized carbons (Fsp3) is 0.118. The number of urea groups is 1. The number of hydrogen-bond donors (Lipinski definition) is 2. The van der Waals surface area contributed by atoms with Crippen LogP contribution >= 0.6 is 11.8 Å². The molecule has 0 unspecified atom stereocenters. The van der Waals surface area contributed by atoms with E-state index < -0.39 is 0 Å². The van der Waals surface area contributed by atoms with Crippen LogP contribution in [0.5, 0.6) is 0 Å². The molecule has 0 aliphatic heterocycles. The highest BCUT2D eigenvalue weighted by atomic mass is 32.2. The van der Waals surface area contributed by atoms with E-state index in [9.17, 15) is 4.79 Å². The van der Waals surface area contributed by atoms with Crippen LogP contribution in [0.2, 0.25) is 0 Å². The zero-order valence-electron chi connectivity index (χ0n) is 12.1. The molecule has 0 aliphatic carbocycles. The van der Waals surface area contributed by atoms with Crippen molar-refractivity contribution in [1.29, 1.82) is 0 Å². The Kier molecular flexibility index (Phi) is 5.46. The summed E-state index contributed by atoms with van der Waals surface area (Å²) in [7, 11) is 0. The number of thioether (sulfide) groups is 1. The van der Waals surface area contributed by atoms with Gasteiger partial charge in [-0.05, 0) is 48.6 Å². The van der Waals surface area contributed by atoms with Gasteiger partial charge in [-0.3, -0.25) is 0 Å². The number of carbonyl (C=O) groups is 1. The van der Waals surface area contributed by atoms with Gasteiger partial charge in [0.1, 0.15) is 0 Å². The number of aryl methyl sites for hydroxylation is 1. The zero-order chi connectivity index (χ0) is 15.1. The molecule has 0 spiro atoms. The normalized spacial score (nSPS) is 10.6. The summed E-state index contributed by atoms with van der Waals surface area (Å²) in [5.41, 5.74) is 3.04. The van der Waals surface area contributed by atoms with Gasteiger partial charge in [-0.2, -0.15) is 0 Å². The first-order valence-corrected chi connectivity index (χ1v) is 7.85. The summed E-state index contributed by atoms with van der Waals surface area (Å²) >= 11 is 1.64. The van der Waals surface area contributed by atoms with Crippen molar-refractivity contribution in [3.05, 3.63) is 65.9 Å². The molecule has 0 aliphatic rings. The zero-order valence-corrected chi connectivity index (χ0v) is 12.9. The molecule has 2 N–H and O–H groups in total. The lowest BCUT2D eigenvalue weighted by molar-refractivity contribution is 0.255. The van der Waals surface area contributed by atoms with Gasteiger partial charge in [0, 0.05) is 16.8 Å². The van der Waals surface area contributed by atoms with Crippen LogP contribution in [0.15, 0.2) is 59.6 Å². The molecule has 4 heteroatoms.